The molecule has 3 heteroatoms. The van der Waals surface area contributed by atoms with Crippen LogP contribution in [0.15, 0.2) is 42.5 Å². The molecule has 0 aliphatic carbocycles. The van der Waals surface area contributed by atoms with E-state index < -0.39 is 5.82 Å². The number of rotatable bonds is 5. The number of hydrogen-bond acceptors (Lipinski definition) is 2. The lowest BCUT2D eigenvalue weighted by atomic mass is 10.0. The zero-order valence-corrected chi connectivity index (χ0v) is 11.9. The Kier molecular flexibility index (Phi) is 4.74. The maximum absolute atomic E-state index is 13.2. The average molecular weight is 273 g/mol. The average Bonchev–Trinajstić information content (AvgIpc) is 2.43. The van der Waals surface area contributed by atoms with E-state index in [0.717, 1.165) is 6.42 Å². The predicted molar refractivity (Wildman–Crippen MR) is 79.2 cm³/mol. The molecular formula is C17H20FNO. The summed E-state index contributed by atoms with van der Waals surface area (Å²) < 4.78 is 13.2. The Bertz CT molecular complexity index is 583. The highest BCUT2D eigenvalue weighted by Gasteiger charge is 2.09. The van der Waals surface area contributed by atoms with E-state index >= 15 is 0 Å². The third kappa shape index (κ3) is 3.58. The van der Waals surface area contributed by atoms with Crippen molar-refractivity contribution in [3.05, 3.63) is 65.0 Å². The molecule has 2 nitrogen and oxygen atoms in total. The number of aromatic hydroxyl groups is 1. The Morgan fingerprint density at radius 1 is 1.10 bits per heavy atom. The molecule has 2 N–H and O–H groups in total. The molecule has 2 aromatic carbocycles. The summed E-state index contributed by atoms with van der Waals surface area (Å²) in [6.07, 6.45) is 0.906. The van der Waals surface area contributed by atoms with Gasteiger partial charge < -0.3 is 10.4 Å². The van der Waals surface area contributed by atoms with Crippen molar-refractivity contribution in [3.63, 3.8) is 0 Å². The molecule has 2 rings (SSSR count). The van der Waals surface area contributed by atoms with Crippen LogP contribution in [0.4, 0.5) is 4.39 Å². The second-order valence-electron chi connectivity index (χ2n) is 5.16. The van der Waals surface area contributed by atoms with Crippen LogP contribution in [0.1, 0.15) is 23.6 Å². The van der Waals surface area contributed by atoms with Gasteiger partial charge >= 0.3 is 0 Å². The maximum atomic E-state index is 13.2. The van der Waals surface area contributed by atoms with Crippen LogP contribution in [-0.4, -0.2) is 11.1 Å². The van der Waals surface area contributed by atoms with Gasteiger partial charge in [0.2, 0.25) is 0 Å². The van der Waals surface area contributed by atoms with Crippen molar-refractivity contribution in [2.45, 2.75) is 32.9 Å². The molecule has 1 atom stereocenters. The van der Waals surface area contributed by atoms with Crippen LogP contribution in [0.25, 0.3) is 0 Å². The van der Waals surface area contributed by atoms with Crippen molar-refractivity contribution in [1.29, 1.82) is 0 Å². The van der Waals surface area contributed by atoms with Crippen LogP contribution in [-0.2, 0) is 13.0 Å². The molecule has 0 fully saturated rings. The molecule has 0 aliphatic heterocycles. The van der Waals surface area contributed by atoms with E-state index in [0.29, 0.717) is 12.1 Å². The normalized spacial score (nSPS) is 12.3. The second kappa shape index (κ2) is 6.53. The fourth-order valence-electron chi connectivity index (χ4n) is 2.23. The van der Waals surface area contributed by atoms with E-state index in [-0.39, 0.29) is 11.8 Å². The molecule has 20 heavy (non-hydrogen) atoms. The lowest BCUT2D eigenvalue weighted by Gasteiger charge is -2.16. The van der Waals surface area contributed by atoms with E-state index in [4.69, 9.17) is 0 Å². The number of halogens is 1. The molecule has 0 aliphatic rings. The summed E-state index contributed by atoms with van der Waals surface area (Å²) in [7, 11) is 0. The molecule has 0 saturated carbocycles. The quantitative estimate of drug-likeness (QED) is 0.873. The van der Waals surface area contributed by atoms with Crippen LogP contribution in [0.5, 0.6) is 5.75 Å². The molecule has 2 aromatic rings. The third-order valence-electron chi connectivity index (χ3n) is 3.50. The van der Waals surface area contributed by atoms with E-state index in [1.807, 2.05) is 12.1 Å². The van der Waals surface area contributed by atoms with Gasteiger partial charge in [-0.25, -0.2) is 4.39 Å². The number of para-hydroxylation sites is 1. The Hall–Kier alpha value is -1.87. The maximum Gasteiger partial charge on any atom is 0.165 e. The summed E-state index contributed by atoms with van der Waals surface area (Å²) in [5.41, 5.74) is 3.16. The lowest BCUT2D eigenvalue weighted by molar-refractivity contribution is 0.420. The molecule has 0 aromatic heterocycles. The number of benzene rings is 2. The van der Waals surface area contributed by atoms with Gasteiger partial charge in [0.25, 0.3) is 0 Å². The summed E-state index contributed by atoms with van der Waals surface area (Å²) >= 11 is 0. The van der Waals surface area contributed by atoms with Gasteiger partial charge in [0.15, 0.2) is 11.6 Å². The van der Waals surface area contributed by atoms with Gasteiger partial charge in [0, 0.05) is 18.2 Å². The minimum Gasteiger partial charge on any atom is -0.505 e. The third-order valence-corrected chi connectivity index (χ3v) is 3.50. The number of phenols is 1. The molecule has 106 valence electrons. The van der Waals surface area contributed by atoms with Crippen molar-refractivity contribution < 1.29 is 9.50 Å². The molecule has 0 spiro atoms. The van der Waals surface area contributed by atoms with Crippen molar-refractivity contribution in [2.75, 3.05) is 0 Å². The largest absolute Gasteiger partial charge is 0.505 e. The van der Waals surface area contributed by atoms with Crippen LogP contribution in [0.2, 0.25) is 0 Å². The van der Waals surface area contributed by atoms with Gasteiger partial charge in [-0.1, -0.05) is 36.4 Å². The minimum absolute atomic E-state index is 0.249. The van der Waals surface area contributed by atoms with Crippen LogP contribution >= 0.6 is 0 Å². The molecule has 0 radical (unpaired) electrons. The van der Waals surface area contributed by atoms with Gasteiger partial charge in [0.05, 0.1) is 0 Å². The molecule has 0 saturated heterocycles. The smallest absolute Gasteiger partial charge is 0.165 e. The topological polar surface area (TPSA) is 32.3 Å². The minimum atomic E-state index is -0.573. The van der Waals surface area contributed by atoms with Crippen molar-refractivity contribution in [3.8, 4) is 5.75 Å². The highest BCUT2D eigenvalue weighted by molar-refractivity contribution is 5.33. The Morgan fingerprint density at radius 2 is 1.80 bits per heavy atom. The number of aryl methyl sites for hydroxylation is 1. The van der Waals surface area contributed by atoms with Crippen molar-refractivity contribution in [2.24, 2.45) is 0 Å². The molecule has 1 unspecified atom stereocenters. The number of nitrogens with one attached hydrogen (secondary N) is 1. The first-order chi connectivity index (χ1) is 9.58. The summed E-state index contributed by atoms with van der Waals surface area (Å²) in [5.74, 6) is -0.834. The zero-order chi connectivity index (χ0) is 14.5. The van der Waals surface area contributed by atoms with Gasteiger partial charge in [-0.2, -0.15) is 0 Å². The van der Waals surface area contributed by atoms with Crippen LogP contribution in [0.3, 0.4) is 0 Å². The van der Waals surface area contributed by atoms with E-state index in [1.54, 1.807) is 12.1 Å². The summed E-state index contributed by atoms with van der Waals surface area (Å²) in [5, 5.41) is 12.9. The van der Waals surface area contributed by atoms with E-state index in [2.05, 4.69) is 31.3 Å². The SMILES string of the molecule is Cc1ccccc1CC(C)NCc1cccc(F)c1O. The number of hydrogen-bond donors (Lipinski definition) is 2. The monoisotopic (exact) mass is 273 g/mol. The Balaban J connectivity index is 1.94. The first-order valence-corrected chi connectivity index (χ1v) is 6.82. The standard InChI is InChI=1S/C17H20FNO/c1-12-6-3-4-7-14(12)10-13(2)19-11-15-8-5-9-16(18)17(15)20/h3-9,13,19-20H,10-11H2,1-2H3. The summed E-state index contributed by atoms with van der Waals surface area (Å²) in [6, 6.07) is 13.1. The van der Waals surface area contributed by atoms with Crippen molar-refractivity contribution >= 4 is 0 Å². The molecule has 0 amide bonds. The molecule has 0 bridgehead atoms. The fraction of sp³-hybridized carbons (Fsp3) is 0.294. The van der Waals surface area contributed by atoms with Gasteiger partial charge in [-0.3, -0.25) is 0 Å². The fourth-order valence-corrected chi connectivity index (χ4v) is 2.23. The summed E-state index contributed by atoms with van der Waals surface area (Å²) in [6.45, 7) is 4.64. The highest BCUT2D eigenvalue weighted by Crippen LogP contribution is 2.20. The van der Waals surface area contributed by atoms with Gasteiger partial charge in [0.1, 0.15) is 0 Å². The predicted octanol–water partition coefficient (Wildman–Crippen LogP) is 3.56. The zero-order valence-electron chi connectivity index (χ0n) is 11.9. The summed E-state index contributed by atoms with van der Waals surface area (Å²) in [4.78, 5) is 0. The Morgan fingerprint density at radius 3 is 2.55 bits per heavy atom. The first-order valence-electron chi connectivity index (χ1n) is 6.82. The number of phenolic OH excluding ortho intramolecular Hbond substituents is 1. The van der Waals surface area contributed by atoms with E-state index in [9.17, 15) is 9.50 Å². The van der Waals surface area contributed by atoms with Crippen molar-refractivity contribution in [1.82, 2.24) is 5.32 Å². The lowest BCUT2D eigenvalue weighted by Crippen LogP contribution is -2.27. The highest BCUT2D eigenvalue weighted by atomic mass is 19.1. The van der Waals surface area contributed by atoms with Gasteiger partial charge in [-0.15, -0.1) is 0 Å². The van der Waals surface area contributed by atoms with Gasteiger partial charge in [-0.05, 0) is 37.5 Å². The van der Waals surface area contributed by atoms with E-state index in [1.165, 1.54) is 17.2 Å². The molecular weight excluding hydrogens is 253 g/mol. The van der Waals surface area contributed by atoms with Crippen LogP contribution in [0, 0.1) is 12.7 Å². The van der Waals surface area contributed by atoms with Crippen LogP contribution < -0.4 is 5.32 Å². The Labute approximate surface area is 119 Å². The molecule has 0 heterocycles. The second-order valence-corrected chi connectivity index (χ2v) is 5.16. The first kappa shape index (κ1) is 14.5.